The number of aliphatic hydroxyl groups excluding tert-OH is 1. The molecule has 1 saturated carbocycles. The molecular formula is C13H20N2O. The maximum absolute atomic E-state index is 9.44. The molecule has 0 aliphatic heterocycles. The molecule has 0 amide bonds. The van der Waals surface area contributed by atoms with Gasteiger partial charge in [0.2, 0.25) is 0 Å². The molecule has 2 rings (SSSR count). The third kappa shape index (κ3) is 2.24. The highest BCUT2D eigenvalue weighted by atomic mass is 16.3. The zero-order chi connectivity index (χ0) is 11.5. The minimum absolute atomic E-state index is 0.0674. The second-order valence-electron chi connectivity index (χ2n) is 4.71. The van der Waals surface area contributed by atoms with Gasteiger partial charge in [-0.05, 0) is 26.7 Å². The van der Waals surface area contributed by atoms with Gasteiger partial charge >= 0.3 is 0 Å². The van der Waals surface area contributed by atoms with Crippen molar-refractivity contribution in [1.29, 1.82) is 0 Å². The molecule has 1 aromatic rings. The van der Waals surface area contributed by atoms with Crippen LogP contribution >= 0.6 is 0 Å². The molecule has 1 heterocycles. The van der Waals surface area contributed by atoms with Crippen LogP contribution in [0.3, 0.4) is 0 Å². The maximum atomic E-state index is 9.44. The van der Waals surface area contributed by atoms with Crippen LogP contribution in [-0.4, -0.2) is 15.1 Å². The van der Waals surface area contributed by atoms with E-state index in [-0.39, 0.29) is 6.61 Å². The first kappa shape index (κ1) is 11.5. The average Bonchev–Trinajstić information content (AvgIpc) is 2.29. The lowest BCUT2D eigenvalue weighted by Crippen LogP contribution is -2.13. The van der Waals surface area contributed by atoms with Crippen molar-refractivity contribution in [1.82, 2.24) is 9.97 Å². The normalized spacial score (nSPS) is 17.7. The van der Waals surface area contributed by atoms with Crippen molar-refractivity contribution < 1.29 is 5.11 Å². The highest BCUT2D eigenvalue weighted by Gasteiger charge is 2.21. The van der Waals surface area contributed by atoms with Crippen LogP contribution in [0.5, 0.6) is 0 Å². The van der Waals surface area contributed by atoms with Gasteiger partial charge in [-0.3, -0.25) is 0 Å². The number of aryl methyl sites for hydroxylation is 2. The monoisotopic (exact) mass is 220 g/mol. The summed E-state index contributed by atoms with van der Waals surface area (Å²) < 4.78 is 0. The summed E-state index contributed by atoms with van der Waals surface area (Å²) in [5.41, 5.74) is 3.00. The third-order valence-corrected chi connectivity index (χ3v) is 3.51. The standard InChI is InChI=1S/C13H20N2O/c1-9-12(8-16)13(15-10(2)14-9)11-6-4-3-5-7-11/h11,16H,3-8H2,1-2H3. The van der Waals surface area contributed by atoms with E-state index in [1.165, 1.54) is 32.1 Å². The third-order valence-electron chi connectivity index (χ3n) is 3.51. The lowest BCUT2D eigenvalue weighted by atomic mass is 9.85. The van der Waals surface area contributed by atoms with Gasteiger partial charge in [0.05, 0.1) is 12.3 Å². The fourth-order valence-electron chi connectivity index (χ4n) is 2.67. The van der Waals surface area contributed by atoms with E-state index in [4.69, 9.17) is 0 Å². The fraction of sp³-hybridized carbons (Fsp3) is 0.692. The lowest BCUT2D eigenvalue weighted by Gasteiger charge is -2.23. The van der Waals surface area contributed by atoms with Crippen LogP contribution in [0.2, 0.25) is 0 Å². The Morgan fingerprint density at radius 3 is 2.44 bits per heavy atom. The lowest BCUT2D eigenvalue weighted by molar-refractivity contribution is 0.275. The molecule has 1 N–H and O–H groups in total. The van der Waals surface area contributed by atoms with Gasteiger partial charge in [0, 0.05) is 17.2 Å². The summed E-state index contributed by atoms with van der Waals surface area (Å²) in [4.78, 5) is 8.89. The summed E-state index contributed by atoms with van der Waals surface area (Å²) >= 11 is 0. The average molecular weight is 220 g/mol. The van der Waals surface area contributed by atoms with E-state index < -0.39 is 0 Å². The van der Waals surface area contributed by atoms with Crippen LogP contribution in [0.15, 0.2) is 0 Å². The van der Waals surface area contributed by atoms with Gasteiger partial charge in [0.25, 0.3) is 0 Å². The van der Waals surface area contributed by atoms with E-state index in [1.54, 1.807) is 0 Å². The van der Waals surface area contributed by atoms with Gasteiger partial charge < -0.3 is 5.11 Å². The van der Waals surface area contributed by atoms with Gasteiger partial charge in [-0.1, -0.05) is 19.3 Å². The van der Waals surface area contributed by atoms with Crippen LogP contribution in [-0.2, 0) is 6.61 Å². The molecule has 0 bridgehead atoms. The van der Waals surface area contributed by atoms with Crippen LogP contribution in [0, 0.1) is 13.8 Å². The van der Waals surface area contributed by atoms with E-state index in [9.17, 15) is 5.11 Å². The van der Waals surface area contributed by atoms with Gasteiger partial charge in [-0.2, -0.15) is 0 Å². The summed E-state index contributed by atoms with van der Waals surface area (Å²) in [5, 5.41) is 9.44. The molecule has 0 saturated heterocycles. The second-order valence-corrected chi connectivity index (χ2v) is 4.71. The van der Waals surface area contributed by atoms with Crippen LogP contribution in [0.4, 0.5) is 0 Å². The molecular weight excluding hydrogens is 200 g/mol. The molecule has 1 fully saturated rings. The van der Waals surface area contributed by atoms with Crippen molar-refractivity contribution in [2.75, 3.05) is 0 Å². The van der Waals surface area contributed by atoms with E-state index in [1.807, 2.05) is 13.8 Å². The molecule has 0 atom stereocenters. The van der Waals surface area contributed by atoms with Crippen molar-refractivity contribution >= 4 is 0 Å². The molecule has 0 radical (unpaired) electrons. The Balaban J connectivity index is 2.36. The number of rotatable bonds is 2. The Kier molecular flexibility index (Phi) is 3.54. The molecule has 0 aromatic carbocycles. The largest absolute Gasteiger partial charge is 0.392 e. The smallest absolute Gasteiger partial charge is 0.125 e. The van der Waals surface area contributed by atoms with Gasteiger partial charge in [-0.15, -0.1) is 0 Å². The van der Waals surface area contributed by atoms with Crippen LogP contribution < -0.4 is 0 Å². The first-order valence-corrected chi connectivity index (χ1v) is 6.17. The Bertz CT molecular complexity index is 370. The van der Waals surface area contributed by atoms with Gasteiger partial charge in [0.15, 0.2) is 0 Å². The molecule has 1 aromatic heterocycles. The zero-order valence-corrected chi connectivity index (χ0v) is 10.2. The Morgan fingerprint density at radius 1 is 1.12 bits per heavy atom. The van der Waals surface area contributed by atoms with E-state index in [0.29, 0.717) is 5.92 Å². The highest BCUT2D eigenvalue weighted by molar-refractivity contribution is 5.27. The van der Waals surface area contributed by atoms with E-state index in [2.05, 4.69) is 9.97 Å². The Hall–Kier alpha value is -0.960. The Labute approximate surface area is 96.9 Å². The minimum atomic E-state index is 0.0674. The molecule has 1 aliphatic rings. The quantitative estimate of drug-likeness (QED) is 0.833. The predicted molar refractivity (Wildman–Crippen MR) is 63.3 cm³/mol. The van der Waals surface area contributed by atoms with Crippen molar-refractivity contribution in [3.8, 4) is 0 Å². The number of aromatic nitrogens is 2. The summed E-state index contributed by atoms with van der Waals surface area (Å²) in [7, 11) is 0. The van der Waals surface area contributed by atoms with Gasteiger partial charge in [0.1, 0.15) is 5.82 Å². The summed E-state index contributed by atoms with van der Waals surface area (Å²) in [6.07, 6.45) is 6.34. The first-order chi connectivity index (χ1) is 7.72. The SMILES string of the molecule is Cc1nc(C)c(CO)c(C2CCCCC2)n1. The number of hydrogen-bond acceptors (Lipinski definition) is 3. The van der Waals surface area contributed by atoms with E-state index >= 15 is 0 Å². The summed E-state index contributed by atoms with van der Waals surface area (Å²) in [5.74, 6) is 1.37. The fourth-order valence-corrected chi connectivity index (χ4v) is 2.67. The maximum Gasteiger partial charge on any atom is 0.125 e. The van der Waals surface area contributed by atoms with E-state index in [0.717, 1.165) is 22.8 Å². The highest BCUT2D eigenvalue weighted by Crippen LogP contribution is 2.33. The first-order valence-electron chi connectivity index (χ1n) is 6.17. The predicted octanol–water partition coefficient (Wildman–Crippen LogP) is 2.63. The van der Waals surface area contributed by atoms with Crippen LogP contribution in [0.1, 0.15) is 60.8 Å². The van der Waals surface area contributed by atoms with Crippen molar-refractivity contribution in [2.45, 2.75) is 58.5 Å². The number of hydrogen-bond donors (Lipinski definition) is 1. The summed E-state index contributed by atoms with van der Waals surface area (Å²) in [6.45, 7) is 3.96. The van der Waals surface area contributed by atoms with Crippen molar-refractivity contribution in [2.24, 2.45) is 0 Å². The molecule has 88 valence electrons. The Morgan fingerprint density at radius 2 is 1.81 bits per heavy atom. The molecule has 0 unspecified atom stereocenters. The number of nitrogens with zero attached hydrogens (tertiary/aromatic N) is 2. The van der Waals surface area contributed by atoms with Crippen molar-refractivity contribution in [3.05, 3.63) is 22.8 Å². The molecule has 0 spiro atoms. The van der Waals surface area contributed by atoms with Crippen molar-refractivity contribution in [3.63, 3.8) is 0 Å². The number of aliphatic hydroxyl groups is 1. The molecule has 3 nitrogen and oxygen atoms in total. The zero-order valence-electron chi connectivity index (χ0n) is 10.2. The van der Waals surface area contributed by atoms with Crippen LogP contribution in [0.25, 0.3) is 0 Å². The molecule has 1 aliphatic carbocycles. The van der Waals surface area contributed by atoms with Gasteiger partial charge in [-0.25, -0.2) is 9.97 Å². The minimum Gasteiger partial charge on any atom is -0.392 e. The summed E-state index contributed by atoms with van der Waals surface area (Å²) in [6, 6.07) is 0. The molecule has 16 heavy (non-hydrogen) atoms. The second kappa shape index (κ2) is 4.91. The topological polar surface area (TPSA) is 46.0 Å². The molecule has 3 heteroatoms.